The van der Waals surface area contributed by atoms with Crippen LogP contribution in [0.5, 0.6) is 0 Å². The van der Waals surface area contributed by atoms with Crippen LogP contribution in [0.3, 0.4) is 0 Å². The second kappa shape index (κ2) is 7.30. The molecule has 1 unspecified atom stereocenters. The summed E-state index contributed by atoms with van der Waals surface area (Å²) >= 11 is 0. The van der Waals surface area contributed by atoms with E-state index in [1.165, 1.54) is 29.3 Å². The Balaban J connectivity index is 1.79. The molecule has 0 aliphatic carbocycles. The zero-order chi connectivity index (χ0) is 21.5. The van der Waals surface area contributed by atoms with Gasteiger partial charge in [0.2, 0.25) is 0 Å². The maximum absolute atomic E-state index is 13.0. The van der Waals surface area contributed by atoms with Crippen LogP contribution in [-0.2, 0) is 10.0 Å². The summed E-state index contributed by atoms with van der Waals surface area (Å²) in [5.41, 5.74) is -0.157. The monoisotopic (exact) mass is 431 g/mol. The van der Waals surface area contributed by atoms with Crippen LogP contribution in [0.4, 0.5) is 16.2 Å². The van der Waals surface area contributed by atoms with Crippen molar-refractivity contribution in [1.82, 2.24) is 13.9 Å². The van der Waals surface area contributed by atoms with E-state index in [2.05, 4.69) is 10.3 Å². The second-order valence-corrected chi connectivity index (χ2v) is 8.62. The molecule has 11 nitrogen and oxygen atoms in total. The van der Waals surface area contributed by atoms with E-state index in [1.54, 1.807) is 18.2 Å². The lowest BCUT2D eigenvalue weighted by atomic mass is 10.2. The first kappa shape index (κ1) is 19.6. The highest BCUT2D eigenvalue weighted by Crippen LogP contribution is 2.34. The fraction of sp³-hybridized carbons (Fsp3) is 0.222. The maximum atomic E-state index is 13.0. The van der Waals surface area contributed by atoms with Crippen molar-refractivity contribution >= 4 is 38.5 Å². The summed E-state index contributed by atoms with van der Waals surface area (Å²) in [7, 11) is -3.95. The quantitative estimate of drug-likeness (QED) is 0.462. The molecule has 2 aromatic heterocycles. The zero-order valence-corrected chi connectivity index (χ0v) is 16.3. The molecule has 1 amide bonds. The first-order valence-corrected chi connectivity index (χ1v) is 10.4. The number of hydrogen-bond donors (Lipinski definition) is 2. The fourth-order valence-electron chi connectivity index (χ4n) is 3.50. The van der Waals surface area contributed by atoms with E-state index < -0.39 is 21.0 Å². The van der Waals surface area contributed by atoms with Crippen molar-refractivity contribution in [3.63, 3.8) is 0 Å². The molecular weight excluding hydrogens is 414 g/mol. The van der Waals surface area contributed by atoms with Gasteiger partial charge in [-0.05, 0) is 24.6 Å². The minimum atomic E-state index is -3.95. The van der Waals surface area contributed by atoms with Crippen molar-refractivity contribution < 1.29 is 23.2 Å². The first-order valence-electron chi connectivity index (χ1n) is 8.98. The highest BCUT2D eigenvalue weighted by Gasteiger charge is 2.30. The van der Waals surface area contributed by atoms with E-state index in [1.807, 2.05) is 0 Å². The van der Waals surface area contributed by atoms with Crippen molar-refractivity contribution in [2.45, 2.75) is 17.4 Å². The average Bonchev–Trinajstić information content (AvgIpc) is 3.36. The molecule has 30 heavy (non-hydrogen) atoms. The summed E-state index contributed by atoms with van der Waals surface area (Å²) in [4.78, 5) is 27.4. The number of carbonyl (C=O) groups is 1. The van der Waals surface area contributed by atoms with E-state index >= 15 is 0 Å². The van der Waals surface area contributed by atoms with Crippen molar-refractivity contribution in [3.05, 3.63) is 58.9 Å². The number of fused-ring (bicyclic) bond motifs is 1. The van der Waals surface area contributed by atoms with Gasteiger partial charge in [0.1, 0.15) is 11.9 Å². The van der Waals surface area contributed by atoms with Gasteiger partial charge in [0, 0.05) is 25.3 Å². The second-order valence-electron chi connectivity index (χ2n) is 6.80. The topological polar surface area (TPSA) is 148 Å². The molecule has 0 bridgehead atoms. The van der Waals surface area contributed by atoms with Crippen LogP contribution in [0.25, 0.3) is 11.0 Å². The third-order valence-electron chi connectivity index (χ3n) is 4.96. The molecule has 1 fully saturated rings. The molecule has 1 aliphatic heterocycles. The van der Waals surface area contributed by atoms with Crippen molar-refractivity contribution in [2.24, 2.45) is 0 Å². The van der Waals surface area contributed by atoms with Crippen molar-refractivity contribution in [1.29, 1.82) is 0 Å². The molecule has 3 heterocycles. The minimum Gasteiger partial charge on any atom is -0.465 e. The summed E-state index contributed by atoms with van der Waals surface area (Å²) in [6.07, 6.45) is 1.71. The third-order valence-corrected chi connectivity index (χ3v) is 6.65. The highest BCUT2D eigenvalue weighted by molar-refractivity contribution is 7.90. The van der Waals surface area contributed by atoms with E-state index in [-0.39, 0.29) is 39.9 Å². The lowest BCUT2D eigenvalue weighted by Crippen LogP contribution is -2.30. The van der Waals surface area contributed by atoms with E-state index in [0.717, 1.165) is 10.2 Å². The van der Waals surface area contributed by atoms with E-state index in [9.17, 15) is 23.3 Å². The molecule has 1 saturated heterocycles. The summed E-state index contributed by atoms with van der Waals surface area (Å²) in [5.74, 6) is 0. The molecule has 0 saturated carbocycles. The van der Waals surface area contributed by atoms with Gasteiger partial charge in [0.15, 0.2) is 5.65 Å². The van der Waals surface area contributed by atoms with Crippen LogP contribution in [0.2, 0.25) is 0 Å². The zero-order valence-electron chi connectivity index (χ0n) is 15.5. The molecule has 156 valence electrons. The number of rotatable bonds is 5. The van der Waals surface area contributed by atoms with Crippen molar-refractivity contribution in [3.8, 4) is 0 Å². The van der Waals surface area contributed by atoms with Gasteiger partial charge in [-0.1, -0.05) is 18.2 Å². The Bertz CT molecular complexity index is 1240. The minimum absolute atomic E-state index is 0.0417. The molecule has 2 N–H and O–H groups in total. The molecule has 3 aromatic rings. The molecule has 1 aromatic carbocycles. The summed E-state index contributed by atoms with van der Waals surface area (Å²) in [6.45, 7) is 0.470. The van der Waals surface area contributed by atoms with Crippen molar-refractivity contribution in [2.75, 3.05) is 18.4 Å². The van der Waals surface area contributed by atoms with Gasteiger partial charge < -0.3 is 15.3 Å². The van der Waals surface area contributed by atoms with Gasteiger partial charge in [-0.15, -0.1) is 0 Å². The summed E-state index contributed by atoms with van der Waals surface area (Å²) in [6, 6.07) is 8.88. The average molecular weight is 431 g/mol. The standard InChI is InChI=1S/C18H17N5O6S/c24-18(25)21-8-6-12(11-21)20-16-14-7-9-22(17(14)19-10-15(16)23(26)27)30(28,29)13-4-2-1-3-5-13/h1-5,7,9-10,12H,6,8,11H2,(H,19,20)(H,24,25). The number of carboxylic acid groups (broad SMARTS) is 1. The Morgan fingerprint density at radius 2 is 2.00 bits per heavy atom. The molecule has 0 spiro atoms. The lowest BCUT2D eigenvalue weighted by Gasteiger charge is -2.16. The van der Waals surface area contributed by atoms with Gasteiger partial charge in [0.05, 0.1) is 15.2 Å². The summed E-state index contributed by atoms with van der Waals surface area (Å²) < 4.78 is 27.0. The van der Waals surface area contributed by atoms with Gasteiger partial charge >= 0.3 is 11.8 Å². The SMILES string of the molecule is O=C(O)N1CCC(Nc2c([N+](=O)[O-])cnc3c2ccn3S(=O)(=O)c2ccccc2)C1. The number of amides is 1. The largest absolute Gasteiger partial charge is 0.465 e. The Labute approximate surface area is 170 Å². The maximum Gasteiger partial charge on any atom is 0.407 e. The van der Waals surface area contributed by atoms with Gasteiger partial charge in [-0.2, -0.15) is 0 Å². The normalized spacial score (nSPS) is 16.7. The molecule has 0 radical (unpaired) electrons. The number of aromatic nitrogens is 2. The van der Waals surface area contributed by atoms with Gasteiger partial charge in [-0.25, -0.2) is 22.2 Å². The fourth-order valence-corrected chi connectivity index (χ4v) is 4.82. The number of nitrogens with zero attached hydrogens (tertiary/aromatic N) is 4. The first-order chi connectivity index (χ1) is 14.3. The van der Waals surface area contributed by atoms with Crippen LogP contribution in [0, 0.1) is 10.1 Å². The molecular formula is C18H17N5O6S. The van der Waals surface area contributed by atoms with Crippen LogP contribution in [-0.4, -0.2) is 57.5 Å². The Morgan fingerprint density at radius 3 is 2.63 bits per heavy atom. The number of anilines is 1. The summed E-state index contributed by atoms with van der Waals surface area (Å²) in [5, 5.41) is 23.9. The predicted molar refractivity (Wildman–Crippen MR) is 107 cm³/mol. The molecule has 1 aliphatic rings. The number of hydrogen-bond acceptors (Lipinski definition) is 7. The van der Waals surface area contributed by atoms with Crippen LogP contribution < -0.4 is 5.32 Å². The highest BCUT2D eigenvalue weighted by atomic mass is 32.2. The Morgan fingerprint density at radius 1 is 1.27 bits per heavy atom. The number of likely N-dealkylation sites (tertiary alicyclic amines) is 1. The van der Waals surface area contributed by atoms with Gasteiger partial charge in [0.25, 0.3) is 10.0 Å². The third kappa shape index (κ3) is 3.30. The Hall–Kier alpha value is -3.67. The van der Waals surface area contributed by atoms with Crippen LogP contribution in [0.1, 0.15) is 6.42 Å². The molecule has 1 atom stereocenters. The van der Waals surface area contributed by atoms with Crippen LogP contribution in [0.15, 0.2) is 53.7 Å². The number of benzene rings is 1. The lowest BCUT2D eigenvalue weighted by molar-refractivity contribution is -0.384. The Kier molecular flexibility index (Phi) is 4.78. The number of nitro groups is 1. The smallest absolute Gasteiger partial charge is 0.407 e. The van der Waals surface area contributed by atoms with E-state index in [4.69, 9.17) is 5.11 Å². The van der Waals surface area contributed by atoms with E-state index in [0.29, 0.717) is 13.0 Å². The number of nitrogens with one attached hydrogen (secondary N) is 1. The molecule has 4 rings (SSSR count). The predicted octanol–water partition coefficient (Wildman–Crippen LogP) is 2.35. The van der Waals surface area contributed by atoms with Gasteiger partial charge in [-0.3, -0.25) is 10.1 Å². The van der Waals surface area contributed by atoms with Crippen LogP contribution >= 0.6 is 0 Å². The number of pyridine rings is 1. The molecule has 12 heteroatoms.